The zero-order valence-electron chi connectivity index (χ0n) is 8.99. The Morgan fingerprint density at radius 3 is 2.89 bits per heavy atom. The lowest BCUT2D eigenvalue weighted by atomic mass is 10.1. The predicted molar refractivity (Wildman–Crippen MR) is 72.1 cm³/mol. The first kappa shape index (κ1) is 11.2. The molecule has 0 spiro atoms. The van der Waals surface area contributed by atoms with E-state index in [4.69, 9.17) is 22.2 Å². The standard InChI is InChI=1S/C11H7N3O2S2/c12-11(17)9-4-2-6-1-3-8-7(10(6)13-9)5-18(15)16-14-8/h1-5H,(H2,12,17). The van der Waals surface area contributed by atoms with Crippen molar-refractivity contribution in [3.63, 3.8) is 0 Å². The van der Waals surface area contributed by atoms with Crippen molar-refractivity contribution in [2.75, 3.05) is 0 Å². The van der Waals surface area contributed by atoms with Crippen LogP contribution in [-0.2, 0) is 15.4 Å². The van der Waals surface area contributed by atoms with Crippen LogP contribution in [0.3, 0.4) is 0 Å². The lowest BCUT2D eigenvalue weighted by Gasteiger charge is -2.04. The molecule has 1 aromatic carbocycles. The van der Waals surface area contributed by atoms with Gasteiger partial charge in [0.2, 0.25) is 0 Å². The average molecular weight is 277 g/mol. The molecule has 1 aliphatic rings. The van der Waals surface area contributed by atoms with E-state index in [0.29, 0.717) is 21.8 Å². The molecule has 0 saturated carbocycles. The van der Waals surface area contributed by atoms with Crippen LogP contribution in [0.1, 0.15) is 5.69 Å². The molecule has 3 rings (SSSR count). The molecule has 90 valence electrons. The highest BCUT2D eigenvalue weighted by molar-refractivity contribution is 7.88. The van der Waals surface area contributed by atoms with Gasteiger partial charge in [-0.05, 0) is 12.1 Å². The first-order chi connectivity index (χ1) is 8.65. The fraction of sp³-hybridized carbons (Fsp3) is 0. The van der Waals surface area contributed by atoms with E-state index in [1.807, 2.05) is 12.1 Å². The molecule has 0 fully saturated rings. The molecule has 2 aromatic rings. The van der Waals surface area contributed by atoms with Crippen molar-refractivity contribution in [1.82, 2.24) is 4.98 Å². The topological polar surface area (TPSA) is 77.6 Å². The molecule has 0 aliphatic carbocycles. The van der Waals surface area contributed by atoms with E-state index >= 15 is 0 Å². The van der Waals surface area contributed by atoms with Crippen LogP contribution in [0.4, 0.5) is 0 Å². The summed E-state index contributed by atoms with van der Waals surface area (Å²) in [6.07, 6.45) is 0. The third-order valence-electron chi connectivity index (χ3n) is 2.55. The van der Waals surface area contributed by atoms with Crippen molar-refractivity contribution in [2.24, 2.45) is 10.9 Å². The Bertz CT molecular complexity index is 817. The molecular weight excluding hydrogens is 270 g/mol. The van der Waals surface area contributed by atoms with Crippen LogP contribution in [0, 0.1) is 0 Å². The van der Waals surface area contributed by atoms with E-state index in [2.05, 4.69) is 10.1 Å². The molecule has 0 amide bonds. The summed E-state index contributed by atoms with van der Waals surface area (Å²) >= 11 is 3.33. The van der Waals surface area contributed by atoms with Crippen LogP contribution in [-0.4, -0.2) is 14.2 Å². The van der Waals surface area contributed by atoms with Crippen molar-refractivity contribution >= 4 is 44.6 Å². The van der Waals surface area contributed by atoms with Crippen LogP contribution in [0.15, 0.2) is 29.4 Å². The van der Waals surface area contributed by atoms with Crippen molar-refractivity contribution < 1.29 is 8.49 Å². The Morgan fingerprint density at radius 1 is 1.33 bits per heavy atom. The molecule has 0 bridgehead atoms. The normalized spacial score (nSPS) is 17.2. The van der Waals surface area contributed by atoms with Gasteiger partial charge in [0.25, 0.3) is 11.1 Å². The summed E-state index contributed by atoms with van der Waals surface area (Å²) < 4.78 is 16.0. The average Bonchev–Trinajstić information content (AvgIpc) is 2.37. The quantitative estimate of drug-likeness (QED) is 0.733. The van der Waals surface area contributed by atoms with Gasteiger partial charge in [0, 0.05) is 10.6 Å². The molecule has 1 atom stereocenters. The minimum absolute atomic E-state index is 0.222. The number of hydrogen-bond acceptors (Lipinski definition) is 5. The summed E-state index contributed by atoms with van der Waals surface area (Å²) in [6.45, 7) is 0. The molecule has 5 nitrogen and oxygen atoms in total. The number of aromatic nitrogens is 1. The molecule has 2 N–H and O–H groups in total. The Balaban J connectivity index is 2.47. The monoisotopic (exact) mass is 277 g/mol. The van der Waals surface area contributed by atoms with Crippen molar-refractivity contribution in [3.8, 4) is 0 Å². The molecule has 18 heavy (non-hydrogen) atoms. The highest BCUT2D eigenvalue weighted by atomic mass is 32.2. The Labute approximate surface area is 110 Å². The van der Waals surface area contributed by atoms with Crippen LogP contribution < -0.4 is 16.3 Å². The second kappa shape index (κ2) is 4.11. The summed E-state index contributed by atoms with van der Waals surface area (Å²) in [6, 6.07) is 7.26. The van der Waals surface area contributed by atoms with Crippen LogP contribution >= 0.6 is 12.2 Å². The van der Waals surface area contributed by atoms with Crippen LogP contribution in [0.5, 0.6) is 0 Å². The molecule has 7 heteroatoms. The highest BCUT2D eigenvalue weighted by Crippen LogP contribution is 2.08. The SMILES string of the molecule is NC(=S)c1ccc2ccc3c(c2n1)=CS(=O)ON=3. The van der Waals surface area contributed by atoms with Gasteiger partial charge in [-0.25, -0.2) is 9.19 Å². The second-order valence-corrected chi connectivity index (χ2v) is 5.02. The Hall–Kier alpha value is -1.86. The fourth-order valence-electron chi connectivity index (χ4n) is 1.73. The summed E-state index contributed by atoms with van der Waals surface area (Å²) in [7, 11) is 0. The number of pyridine rings is 1. The van der Waals surface area contributed by atoms with E-state index in [0.717, 1.165) is 5.39 Å². The van der Waals surface area contributed by atoms with Gasteiger partial charge in [0.05, 0.1) is 16.6 Å². The van der Waals surface area contributed by atoms with Gasteiger partial charge in [-0.2, -0.15) is 0 Å². The van der Waals surface area contributed by atoms with Gasteiger partial charge >= 0.3 is 0 Å². The number of nitrogens with zero attached hydrogens (tertiary/aromatic N) is 2. The maximum atomic E-state index is 11.3. The van der Waals surface area contributed by atoms with E-state index < -0.39 is 11.1 Å². The number of nitrogens with two attached hydrogens (primary N) is 1. The van der Waals surface area contributed by atoms with Crippen LogP contribution in [0.2, 0.25) is 0 Å². The number of benzene rings is 1. The number of fused-ring (bicyclic) bond motifs is 3. The van der Waals surface area contributed by atoms with Gasteiger partial charge in [0.1, 0.15) is 10.3 Å². The Kier molecular flexibility index (Phi) is 2.57. The minimum Gasteiger partial charge on any atom is -0.388 e. The zero-order chi connectivity index (χ0) is 12.7. The van der Waals surface area contributed by atoms with Crippen LogP contribution in [0.25, 0.3) is 16.3 Å². The first-order valence-electron chi connectivity index (χ1n) is 5.03. The number of hydrogen-bond donors (Lipinski definition) is 1. The maximum Gasteiger partial charge on any atom is 0.258 e. The van der Waals surface area contributed by atoms with Crippen molar-refractivity contribution in [1.29, 1.82) is 0 Å². The summed E-state index contributed by atoms with van der Waals surface area (Å²) in [5.41, 5.74) is 6.75. The summed E-state index contributed by atoms with van der Waals surface area (Å²) in [5.74, 6) is 0. The van der Waals surface area contributed by atoms with Crippen molar-refractivity contribution in [3.05, 3.63) is 40.5 Å². The molecule has 2 heterocycles. The molecule has 1 aromatic heterocycles. The van der Waals surface area contributed by atoms with Gasteiger partial charge in [-0.1, -0.05) is 29.5 Å². The summed E-state index contributed by atoms with van der Waals surface area (Å²) in [4.78, 5) is 4.60. The van der Waals surface area contributed by atoms with E-state index in [1.54, 1.807) is 12.1 Å². The number of rotatable bonds is 1. The summed E-state index contributed by atoms with van der Waals surface area (Å²) in [5, 5.41) is 7.41. The second-order valence-electron chi connectivity index (χ2n) is 3.67. The molecule has 0 saturated heterocycles. The lowest BCUT2D eigenvalue weighted by Crippen LogP contribution is -2.30. The van der Waals surface area contributed by atoms with E-state index in [-0.39, 0.29) is 4.99 Å². The third-order valence-corrected chi connectivity index (χ3v) is 3.41. The first-order valence-corrected chi connectivity index (χ1v) is 6.57. The zero-order valence-corrected chi connectivity index (χ0v) is 10.6. The van der Waals surface area contributed by atoms with Gasteiger partial charge < -0.3 is 5.73 Å². The van der Waals surface area contributed by atoms with Gasteiger partial charge in [-0.3, -0.25) is 4.28 Å². The van der Waals surface area contributed by atoms with E-state index in [1.165, 1.54) is 5.41 Å². The smallest absolute Gasteiger partial charge is 0.258 e. The van der Waals surface area contributed by atoms with Gasteiger partial charge in [0.15, 0.2) is 0 Å². The Morgan fingerprint density at radius 2 is 2.11 bits per heavy atom. The minimum atomic E-state index is -1.57. The molecule has 1 unspecified atom stereocenters. The maximum absolute atomic E-state index is 11.3. The lowest BCUT2D eigenvalue weighted by molar-refractivity contribution is 0.360. The van der Waals surface area contributed by atoms with Crippen molar-refractivity contribution in [2.45, 2.75) is 0 Å². The third kappa shape index (κ3) is 1.77. The molecular formula is C11H7N3O2S2. The molecule has 1 aliphatic heterocycles. The molecule has 0 radical (unpaired) electrons. The van der Waals surface area contributed by atoms with E-state index in [9.17, 15) is 4.21 Å². The highest BCUT2D eigenvalue weighted by Gasteiger charge is 2.08. The fourth-order valence-corrected chi connectivity index (χ4v) is 2.46. The van der Waals surface area contributed by atoms with Gasteiger partial charge in [-0.15, -0.1) is 0 Å². The number of thiocarbonyl (C=S) groups is 1. The predicted octanol–water partition coefficient (Wildman–Crippen LogP) is -0.164. The largest absolute Gasteiger partial charge is 0.388 e.